The normalized spacial score (nSPS) is 13.2. The number of ether oxygens (including phenoxy) is 1. The molecule has 3 rings (SSSR count). The first-order valence-corrected chi connectivity index (χ1v) is 8.47. The molecule has 1 N–H and O–H groups in total. The van der Waals surface area contributed by atoms with E-state index in [1.54, 1.807) is 12.1 Å². The molecule has 1 amide bonds. The largest absolute Gasteiger partial charge is 0.491 e. The third-order valence-corrected chi connectivity index (χ3v) is 4.31. The summed E-state index contributed by atoms with van der Waals surface area (Å²) in [6, 6.07) is 12.2. The molecular weight excluding hydrogens is 305 g/mol. The molecule has 0 aromatic heterocycles. The zero-order valence-corrected chi connectivity index (χ0v) is 13.7. The van der Waals surface area contributed by atoms with Crippen molar-refractivity contribution >= 4 is 5.91 Å². The maximum Gasteiger partial charge on any atom is 0.224 e. The first-order chi connectivity index (χ1) is 11.7. The first-order valence-electron chi connectivity index (χ1n) is 8.47. The van der Waals surface area contributed by atoms with Crippen molar-refractivity contribution in [3.8, 4) is 5.75 Å². The standard InChI is InChI=1S/C20H22FNO2/c21-17-10-8-15(9-11-17)14-20(23)22-12-13-24-19-7-3-5-16-4-1-2-6-18(16)19/h3,5,7-11H,1-2,4,6,12-14H2,(H,22,23). The summed E-state index contributed by atoms with van der Waals surface area (Å²) in [7, 11) is 0. The van der Waals surface area contributed by atoms with E-state index < -0.39 is 0 Å². The van der Waals surface area contributed by atoms with Crippen LogP contribution >= 0.6 is 0 Å². The highest BCUT2D eigenvalue weighted by Gasteiger charge is 2.13. The zero-order chi connectivity index (χ0) is 16.8. The molecule has 0 fully saturated rings. The van der Waals surface area contributed by atoms with Crippen molar-refractivity contribution in [2.45, 2.75) is 32.1 Å². The van der Waals surface area contributed by atoms with Crippen LogP contribution in [0.2, 0.25) is 0 Å². The van der Waals surface area contributed by atoms with Gasteiger partial charge in [0.25, 0.3) is 0 Å². The van der Waals surface area contributed by atoms with Crippen molar-refractivity contribution in [3.05, 3.63) is 65.0 Å². The molecule has 0 spiro atoms. The fourth-order valence-electron chi connectivity index (χ4n) is 3.08. The number of rotatable bonds is 6. The Morgan fingerprint density at radius 1 is 1.08 bits per heavy atom. The van der Waals surface area contributed by atoms with Crippen molar-refractivity contribution in [2.24, 2.45) is 0 Å². The Hall–Kier alpha value is -2.36. The molecule has 2 aromatic rings. The molecule has 1 aliphatic rings. The van der Waals surface area contributed by atoms with Gasteiger partial charge in [0.1, 0.15) is 18.2 Å². The second-order valence-corrected chi connectivity index (χ2v) is 6.10. The number of halogens is 1. The van der Waals surface area contributed by atoms with Crippen LogP contribution in [0.3, 0.4) is 0 Å². The Morgan fingerprint density at radius 2 is 1.88 bits per heavy atom. The van der Waals surface area contributed by atoms with Gasteiger partial charge in [-0.25, -0.2) is 4.39 Å². The molecule has 0 radical (unpaired) electrons. The number of benzene rings is 2. The lowest BCUT2D eigenvalue weighted by molar-refractivity contribution is -0.120. The highest BCUT2D eigenvalue weighted by molar-refractivity contribution is 5.78. The lowest BCUT2D eigenvalue weighted by atomic mass is 9.91. The van der Waals surface area contributed by atoms with Gasteiger partial charge in [0.15, 0.2) is 0 Å². The average molecular weight is 327 g/mol. The molecule has 0 saturated heterocycles. The van der Waals surface area contributed by atoms with E-state index in [9.17, 15) is 9.18 Å². The Balaban J connectivity index is 1.44. The number of amides is 1. The fraction of sp³-hybridized carbons (Fsp3) is 0.350. The molecule has 3 nitrogen and oxygen atoms in total. The first kappa shape index (κ1) is 16.5. The summed E-state index contributed by atoms with van der Waals surface area (Å²) in [5, 5.41) is 2.84. The van der Waals surface area contributed by atoms with E-state index in [-0.39, 0.29) is 18.1 Å². The Bertz CT molecular complexity index is 697. The number of carbonyl (C=O) groups is 1. The fourth-order valence-corrected chi connectivity index (χ4v) is 3.08. The number of hydrogen-bond acceptors (Lipinski definition) is 2. The van der Waals surface area contributed by atoms with E-state index in [4.69, 9.17) is 4.74 Å². The summed E-state index contributed by atoms with van der Waals surface area (Å²) in [5.74, 6) is 0.569. The Kier molecular flexibility index (Phi) is 5.47. The minimum absolute atomic E-state index is 0.0831. The predicted octanol–water partition coefficient (Wildman–Crippen LogP) is 3.44. The smallest absolute Gasteiger partial charge is 0.224 e. The highest BCUT2D eigenvalue weighted by Crippen LogP contribution is 2.29. The number of fused-ring (bicyclic) bond motifs is 1. The van der Waals surface area contributed by atoms with Gasteiger partial charge in [0.05, 0.1) is 13.0 Å². The van der Waals surface area contributed by atoms with Crippen LogP contribution in [-0.2, 0) is 24.1 Å². The maximum atomic E-state index is 12.8. The Morgan fingerprint density at radius 3 is 2.71 bits per heavy atom. The summed E-state index contributed by atoms with van der Waals surface area (Å²) in [6.45, 7) is 0.912. The van der Waals surface area contributed by atoms with E-state index in [1.165, 1.54) is 36.1 Å². The molecule has 0 unspecified atom stereocenters. The minimum atomic E-state index is -0.293. The zero-order valence-electron chi connectivity index (χ0n) is 13.7. The van der Waals surface area contributed by atoms with Crippen LogP contribution in [0.4, 0.5) is 4.39 Å². The molecule has 126 valence electrons. The number of aryl methyl sites for hydroxylation is 1. The van der Waals surface area contributed by atoms with Crippen molar-refractivity contribution < 1.29 is 13.9 Å². The van der Waals surface area contributed by atoms with Crippen molar-refractivity contribution in [2.75, 3.05) is 13.2 Å². The lowest BCUT2D eigenvalue weighted by Crippen LogP contribution is -2.29. The van der Waals surface area contributed by atoms with Gasteiger partial charge in [-0.2, -0.15) is 0 Å². The minimum Gasteiger partial charge on any atom is -0.491 e. The molecule has 1 aliphatic carbocycles. The second-order valence-electron chi connectivity index (χ2n) is 6.10. The van der Waals surface area contributed by atoms with Gasteiger partial charge in [-0.15, -0.1) is 0 Å². The SMILES string of the molecule is O=C(Cc1ccc(F)cc1)NCCOc1cccc2c1CCCC2. The van der Waals surface area contributed by atoms with Crippen molar-refractivity contribution in [3.63, 3.8) is 0 Å². The molecule has 4 heteroatoms. The number of nitrogens with one attached hydrogen (secondary N) is 1. The van der Waals surface area contributed by atoms with Gasteiger partial charge in [-0.1, -0.05) is 24.3 Å². The van der Waals surface area contributed by atoms with Crippen molar-refractivity contribution in [1.82, 2.24) is 5.32 Å². The van der Waals surface area contributed by atoms with Crippen LogP contribution in [0.1, 0.15) is 29.5 Å². The molecule has 0 saturated carbocycles. The van der Waals surface area contributed by atoms with Crippen LogP contribution in [0.15, 0.2) is 42.5 Å². The number of carbonyl (C=O) groups excluding carboxylic acids is 1. The summed E-state index contributed by atoms with van der Waals surface area (Å²) in [6.07, 6.45) is 4.90. The van der Waals surface area contributed by atoms with Gasteiger partial charge in [0.2, 0.25) is 5.91 Å². The molecular formula is C20H22FNO2. The van der Waals surface area contributed by atoms with Gasteiger partial charge in [-0.05, 0) is 60.6 Å². The van der Waals surface area contributed by atoms with E-state index >= 15 is 0 Å². The third kappa shape index (κ3) is 4.34. The van der Waals surface area contributed by atoms with E-state index in [0.717, 1.165) is 24.2 Å². The van der Waals surface area contributed by atoms with Crippen LogP contribution in [0.5, 0.6) is 5.75 Å². The van der Waals surface area contributed by atoms with Gasteiger partial charge < -0.3 is 10.1 Å². The summed E-state index contributed by atoms with van der Waals surface area (Å²) in [5.41, 5.74) is 3.51. The van der Waals surface area contributed by atoms with E-state index in [1.807, 2.05) is 12.1 Å². The third-order valence-electron chi connectivity index (χ3n) is 4.31. The molecule has 2 aromatic carbocycles. The summed E-state index contributed by atoms with van der Waals surface area (Å²) < 4.78 is 18.7. The van der Waals surface area contributed by atoms with Gasteiger partial charge in [-0.3, -0.25) is 4.79 Å². The van der Waals surface area contributed by atoms with Crippen LogP contribution in [-0.4, -0.2) is 19.1 Å². The summed E-state index contributed by atoms with van der Waals surface area (Å²) in [4.78, 5) is 11.9. The maximum absolute atomic E-state index is 12.8. The molecule has 0 heterocycles. The number of hydrogen-bond donors (Lipinski definition) is 1. The van der Waals surface area contributed by atoms with E-state index in [2.05, 4.69) is 11.4 Å². The quantitative estimate of drug-likeness (QED) is 0.826. The van der Waals surface area contributed by atoms with Gasteiger partial charge >= 0.3 is 0 Å². The molecule has 24 heavy (non-hydrogen) atoms. The summed E-state index contributed by atoms with van der Waals surface area (Å²) >= 11 is 0. The van der Waals surface area contributed by atoms with Crippen LogP contribution in [0, 0.1) is 5.82 Å². The van der Waals surface area contributed by atoms with Crippen molar-refractivity contribution in [1.29, 1.82) is 0 Å². The van der Waals surface area contributed by atoms with Gasteiger partial charge in [0, 0.05) is 0 Å². The van der Waals surface area contributed by atoms with Crippen LogP contribution in [0.25, 0.3) is 0 Å². The highest BCUT2D eigenvalue weighted by atomic mass is 19.1. The monoisotopic (exact) mass is 327 g/mol. The second kappa shape index (κ2) is 7.95. The van der Waals surface area contributed by atoms with E-state index in [0.29, 0.717) is 13.2 Å². The molecule has 0 bridgehead atoms. The topological polar surface area (TPSA) is 38.3 Å². The Labute approximate surface area is 141 Å². The predicted molar refractivity (Wildman–Crippen MR) is 91.7 cm³/mol. The molecule has 0 atom stereocenters. The molecule has 0 aliphatic heterocycles. The lowest BCUT2D eigenvalue weighted by Gasteiger charge is -2.19. The van der Waals surface area contributed by atoms with Crippen LogP contribution < -0.4 is 10.1 Å². The average Bonchev–Trinajstić information content (AvgIpc) is 2.61.